The molecule has 10 heavy (non-hydrogen) atoms. The third-order valence-electron chi connectivity index (χ3n) is 1.48. The van der Waals surface area contributed by atoms with Crippen molar-refractivity contribution in [1.82, 2.24) is 0 Å². The molecular formula is C9H18O. The predicted octanol–water partition coefficient (Wildman–Crippen LogP) is 2.50. The van der Waals surface area contributed by atoms with Gasteiger partial charge in [-0.05, 0) is 33.1 Å². The summed E-state index contributed by atoms with van der Waals surface area (Å²) in [4.78, 5) is 0. The fraction of sp³-hybridized carbons (Fsp3) is 0.778. The molecule has 1 unspecified atom stereocenters. The lowest BCUT2D eigenvalue weighted by molar-refractivity contribution is 0.181. The van der Waals surface area contributed by atoms with Crippen LogP contribution in [0.4, 0.5) is 0 Å². The van der Waals surface area contributed by atoms with Crippen molar-refractivity contribution in [3.63, 3.8) is 0 Å². The summed E-state index contributed by atoms with van der Waals surface area (Å²) < 4.78 is 0. The van der Waals surface area contributed by atoms with Gasteiger partial charge in [0.15, 0.2) is 0 Å². The van der Waals surface area contributed by atoms with Gasteiger partial charge in [-0.15, -0.1) is 0 Å². The van der Waals surface area contributed by atoms with Crippen molar-refractivity contribution in [3.8, 4) is 0 Å². The zero-order chi connectivity index (χ0) is 7.82. The van der Waals surface area contributed by atoms with Gasteiger partial charge in [-0.3, -0.25) is 0 Å². The van der Waals surface area contributed by atoms with Crippen molar-refractivity contribution in [2.24, 2.45) is 0 Å². The third kappa shape index (κ3) is 7.70. The van der Waals surface area contributed by atoms with Gasteiger partial charge in [0, 0.05) is 0 Å². The standard InChI is InChI=1S/C9H18O/c1-3-4-5-6-7-8-9(2)10/h3-4,9-10H,5-8H2,1-2H3. The minimum Gasteiger partial charge on any atom is -0.393 e. The van der Waals surface area contributed by atoms with Crippen molar-refractivity contribution in [2.45, 2.75) is 45.6 Å². The number of aliphatic hydroxyl groups excluding tert-OH is 1. The minimum absolute atomic E-state index is 0.120. The summed E-state index contributed by atoms with van der Waals surface area (Å²) in [7, 11) is 0. The molecule has 0 aliphatic heterocycles. The summed E-state index contributed by atoms with van der Waals surface area (Å²) in [6, 6.07) is 0. The SMILES string of the molecule is CC=CCCCCC(C)O. The molecule has 0 fully saturated rings. The molecule has 0 aliphatic rings. The van der Waals surface area contributed by atoms with Crippen LogP contribution in [0.15, 0.2) is 12.2 Å². The first-order valence-corrected chi connectivity index (χ1v) is 4.06. The Bertz CT molecular complexity index is 84.7. The molecule has 0 radical (unpaired) electrons. The first kappa shape index (κ1) is 9.70. The Balaban J connectivity index is 2.91. The van der Waals surface area contributed by atoms with E-state index in [1.165, 1.54) is 6.42 Å². The highest BCUT2D eigenvalue weighted by molar-refractivity contribution is 4.76. The maximum absolute atomic E-state index is 8.89. The summed E-state index contributed by atoms with van der Waals surface area (Å²) in [6.45, 7) is 3.88. The summed E-state index contributed by atoms with van der Waals surface area (Å²) in [5, 5.41) is 8.89. The van der Waals surface area contributed by atoms with Crippen LogP contribution in [-0.4, -0.2) is 11.2 Å². The molecule has 0 heterocycles. The molecule has 0 bridgehead atoms. The molecule has 0 rings (SSSR count). The zero-order valence-electron chi connectivity index (χ0n) is 7.01. The largest absolute Gasteiger partial charge is 0.393 e. The highest BCUT2D eigenvalue weighted by Crippen LogP contribution is 2.03. The van der Waals surface area contributed by atoms with Crippen LogP contribution < -0.4 is 0 Å². The third-order valence-corrected chi connectivity index (χ3v) is 1.48. The van der Waals surface area contributed by atoms with Crippen LogP contribution >= 0.6 is 0 Å². The number of hydrogen-bond acceptors (Lipinski definition) is 1. The van der Waals surface area contributed by atoms with Gasteiger partial charge in [0.25, 0.3) is 0 Å². The fourth-order valence-corrected chi connectivity index (χ4v) is 0.869. The van der Waals surface area contributed by atoms with Gasteiger partial charge in [-0.1, -0.05) is 18.6 Å². The van der Waals surface area contributed by atoms with E-state index in [1.54, 1.807) is 0 Å². The molecule has 0 saturated carbocycles. The molecule has 1 atom stereocenters. The van der Waals surface area contributed by atoms with Crippen molar-refractivity contribution in [2.75, 3.05) is 0 Å². The van der Waals surface area contributed by atoms with E-state index in [4.69, 9.17) is 5.11 Å². The maximum atomic E-state index is 8.89. The van der Waals surface area contributed by atoms with E-state index in [9.17, 15) is 0 Å². The highest BCUT2D eigenvalue weighted by atomic mass is 16.3. The van der Waals surface area contributed by atoms with Gasteiger partial charge in [-0.25, -0.2) is 0 Å². The van der Waals surface area contributed by atoms with E-state index in [2.05, 4.69) is 12.2 Å². The van der Waals surface area contributed by atoms with Gasteiger partial charge in [-0.2, -0.15) is 0 Å². The second-order valence-corrected chi connectivity index (χ2v) is 2.70. The fourth-order valence-electron chi connectivity index (χ4n) is 0.869. The van der Waals surface area contributed by atoms with Gasteiger partial charge in [0.1, 0.15) is 0 Å². The van der Waals surface area contributed by atoms with Crippen molar-refractivity contribution >= 4 is 0 Å². The number of hydrogen-bond donors (Lipinski definition) is 1. The normalized spacial score (nSPS) is 14.3. The number of rotatable bonds is 5. The molecular weight excluding hydrogens is 124 g/mol. The zero-order valence-corrected chi connectivity index (χ0v) is 7.01. The molecule has 60 valence electrons. The van der Waals surface area contributed by atoms with E-state index in [-0.39, 0.29) is 6.10 Å². The molecule has 1 heteroatoms. The van der Waals surface area contributed by atoms with Crippen LogP contribution in [0.1, 0.15) is 39.5 Å². The summed E-state index contributed by atoms with van der Waals surface area (Å²) in [6.07, 6.45) is 8.56. The van der Waals surface area contributed by atoms with Gasteiger partial charge < -0.3 is 5.11 Å². The summed E-state index contributed by atoms with van der Waals surface area (Å²) >= 11 is 0. The van der Waals surface area contributed by atoms with Crippen LogP contribution in [0, 0.1) is 0 Å². The molecule has 0 aromatic rings. The molecule has 0 saturated heterocycles. The van der Waals surface area contributed by atoms with E-state index >= 15 is 0 Å². The number of allylic oxidation sites excluding steroid dienone is 2. The predicted molar refractivity (Wildman–Crippen MR) is 45.0 cm³/mol. The first-order chi connectivity index (χ1) is 4.77. The maximum Gasteiger partial charge on any atom is 0.0512 e. The molecule has 1 nitrogen and oxygen atoms in total. The molecule has 0 spiro atoms. The van der Waals surface area contributed by atoms with Gasteiger partial charge in [0.2, 0.25) is 0 Å². The van der Waals surface area contributed by atoms with Crippen LogP contribution in [0.25, 0.3) is 0 Å². The number of aliphatic hydroxyl groups is 1. The summed E-state index contributed by atoms with van der Waals surface area (Å²) in [5.41, 5.74) is 0. The van der Waals surface area contributed by atoms with E-state index in [1.807, 2.05) is 13.8 Å². The molecule has 0 aliphatic carbocycles. The molecule has 0 amide bonds. The second kappa shape index (κ2) is 6.81. The Labute approximate surface area is 63.8 Å². The highest BCUT2D eigenvalue weighted by Gasteiger charge is 1.92. The van der Waals surface area contributed by atoms with Gasteiger partial charge in [0.05, 0.1) is 6.10 Å². The minimum atomic E-state index is -0.120. The smallest absolute Gasteiger partial charge is 0.0512 e. The Morgan fingerprint density at radius 1 is 1.40 bits per heavy atom. The Morgan fingerprint density at radius 2 is 2.10 bits per heavy atom. The lowest BCUT2D eigenvalue weighted by atomic mass is 10.1. The van der Waals surface area contributed by atoms with Crippen molar-refractivity contribution in [1.29, 1.82) is 0 Å². The van der Waals surface area contributed by atoms with E-state index in [0.717, 1.165) is 19.3 Å². The van der Waals surface area contributed by atoms with Crippen molar-refractivity contribution < 1.29 is 5.11 Å². The van der Waals surface area contributed by atoms with Crippen molar-refractivity contribution in [3.05, 3.63) is 12.2 Å². The van der Waals surface area contributed by atoms with E-state index in [0.29, 0.717) is 0 Å². The summed E-state index contributed by atoms with van der Waals surface area (Å²) in [5.74, 6) is 0. The Hall–Kier alpha value is -0.300. The topological polar surface area (TPSA) is 20.2 Å². The Morgan fingerprint density at radius 3 is 2.60 bits per heavy atom. The molecule has 0 aromatic heterocycles. The lowest BCUT2D eigenvalue weighted by Gasteiger charge is -2.00. The average molecular weight is 142 g/mol. The monoisotopic (exact) mass is 142 g/mol. The quantitative estimate of drug-likeness (QED) is 0.462. The molecule has 1 N–H and O–H groups in total. The average Bonchev–Trinajstić information content (AvgIpc) is 1.87. The number of unbranched alkanes of at least 4 members (excludes halogenated alkanes) is 2. The molecule has 0 aromatic carbocycles. The van der Waals surface area contributed by atoms with Gasteiger partial charge >= 0.3 is 0 Å². The van der Waals surface area contributed by atoms with Crippen LogP contribution in [-0.2, 0) is 0 Å². The second-order valence-electron chi connectivity index (χ2n) is 2.70. The van der Waals surface area contributed by atoms with Crippen LogP contribution in [0.3, 0.4) is 0 Å². The van der Waals surface area contributed by atoms with Crippen LogP contribution in [0.2, 0.25) is 0 Å². The first-order valence-electron chi connectivity index (χ1n) is 4.06. The Kier molecular flexibility index (Phi) is 6.61. The van der Waals surface area contributed by atoms with E-state index < -0.39 is 0 Å². The van der Waals surface area contributed by atoms with Crippen LogP contribution in [0.5, 0.6) is 0 Å². The lowest BCUT2D eigenvalue weighted by Crippen LogP contribution is -1.97.